The number of guanidine groups is 1. The molecule has 1 saturated heterocycles. The fraction of sp³-hybridized carbons (Fsp3) is 0.533. The number of hydrogen-bond acceptors (Lipinski definition) is 3. The Balaban J connectivity index is 1.69. The van der Waals surface area contributed by atoms with Crippen molar-refractivity contribution >= 4 is 27.4 Å². The second-order valence-electron chi connectivity index (χ2n) is 5.47. The van der Waals surface area contributed by atoms with Crippen molar-refractivity contribution in [3.05, 3.63) is 34.9 Å². The van der Waals surface area contributed by atoms with Crippen molar-refractivity contribution in [3.63, 3.8) is 0 Å². The molecule has 1 aliphatic rings. The summed E-state index contributed by atoms with van der Waals surface area (Å²) in [5, 5.41) is 7.14. The summed E-state index contributed by atoms with van der Waals surface area (Å²) in [4.78, 5) is 4.14. The van der Waals surface area contributed by atoms with E-state index in [2.05, 4.69) is 15.6 Å². The lowest BCUT2D eigenvalue weighted by Crippen LogP contribution is -2.44. The first kappa shape index (κ1) is 17.1. The zero-order chi connectivity index (χ0) is 16.0. The molecule has 5 nitrogen and oxygen atoms in total. The van der Waals surface area contributed by atoms with Gasteiger partial charge in [-0.3, -0.25) is 4.99 Å². The molecular formula is C15H22ClN3O2S. The Hall–Kier alpha value is -1.27. The summed E-state index contributed by atoms with van der Waals surface area (Å²) < 4.78 is 22.9. The van der Waals surface area contributed by atoms with Gasteiger partial charge in [0.05, 0.1) is 11.5 Å². The second kappa shape index (κ2) is 7.83. The Labute approximate surface area is 137 Å². The number of halogens is 1. The molecule has 0 amide bonds. The second-order valence-corrected chi connectivity index (χ2v) is 8.14. The Bertz CT molecular complexity index is 614. The third kappa shape index (κ3) is 5.50. The smallest absolute Gasteiger partial charge is 0.191 e. The molecule has 1 heterocycles. The van der Waals surface area contributed by atoms with Crippen molar-refractivity contribution in [2.45, 2.75) is 25.3 Å². The number of nitrogens with one attached hydrogen (secondary N) is 2. The lowest BCUT2D eigenvalue weighted by atomic mass is 10.1. The van der Waals surface area contributed by atoms with E-state index in [0.29, 0.717) is 12.4 Å². The van der Waals surface area contributed by atoms with E-state index in [9.17, 15) is 8.42 Å². The molecule has 22 heavy (non-hydrogen) atoms. The van der Waals surface area contributed by atoms with Gasteiger partial charge in [0.2, 0.25) is 0 Å². The summed E-state index contributed by atoms with van der Waals surface area (Å²) in [5.74, 6) is 1.12. The molecule has 0 saturated carbocycles. The van der Waals surface area contributed by atoms with Crippen LogP contribution in [0.1, 0.15) is 18.4 Å². The minimum Gasteiger partial charge on any atom is -0.356 e. The third-order valence-electron chi connectivity index (χ3n) is 3.64. The zero-order valence-corrected chi connectivity index (χ0v) is 14.3. The Morgan fingerprint density at radius 3 is 2.68 bits per heavy atom. The van der Waals surface area contributed by atoms with Crippen LogP contribution in [0, 0.1) is 0 Å². The summed E-state index contributed by atoms with van der Waals surface area (Å²) in [5.41, 5.74) is 1.25. The lowest BCUT2D eigenvalue weighted by molar-refractivity contribution is 0.599. The maximum Gasteiger partial charge on any atom is 0.191 e. The highest BCUT2D eigenvalue weighted by atomic mass is 35.5. The molecular weight excluding hydrogens is 322 g/mol. The third-order valence-corrected chi connectivity index (χ3v) is 5.66. The number of nitrogens with zero attached hydrogens (tertiary/aromatic N) is 1. The van der Waals surface area contributed by atoms with Crippen molar-refractivity contribution in [2.24, 2.45) is 4.99 Å². The highest BCUT2D eigenvalue weighted by Gasteiger charge is 2.28. The van der Waals surface area contributed by atoms with Gasteiger partial charge < -0.3 is 10.6 Å². The van der Waals surface area contributed by atoms with E-state index in [4.69, 9.17) is 11.6 Å². The van der Waals surface area contributed by atoms with E-state index in [1.165, 1.54) is 5.56 Å². The van der Waals surface area contributed by atoms with E-state index in [0.717, 1.165) is 24.4 Å². The number of hydrogen-bond donors (Lipinski definition) is 2. The van der Waals surface area contributed by atoms with E-state index < -0.39 is 9.84 Å². The highest BCUT2D eigenvalue weighted by Crippen LogP contribution is 2.11. The van der Waals surface area contributed by atoms with E-state index >= 15 is 0 Å². The molecule has 1 unspecified atom stereocenters. The van der Waals surface area contributed by atoms with Crippen LogP contribution in [-0.4, -0.2) is 45.5 Å². The van der Waals surface area contributed by atoms with Gasteiger partial charge >= 0.3 is 0 Å². The molecule has 0 radical (unpaired) electrons. The average molecular weight is 344 g/mol. The number of sulfone groups is 1. The molecule has 2 rings (SSSR count). The van der Waals surface area contributed by atoms with Gasteiger partial charge in [-0.2, -0.15) is 0 Å². The maximum absolute atomic E-state index is 11.4. The fourth-order valence-electron chi connectivity index (χ4n) is 2.45. The molecule has 1 aromatic carbocycles. The minimum absolute atomic E-state index is 0.0348. The molecule has 1 aromatic rings. The standard InChI is InChI=1S/C15H22ClN3O2S/c1-17-15(19-14-8-10-22(20,21)11-14)18-9-2-3-12-4-6-13(16)7-5-12/h4-7,14H,2-3,8-11H2,1H3,(H2,17,18,19). The molecule has 1 atom stereocenters. The SMILES string of the molecule is CN=C(NCCCc1ccc(Cl)cc1)NC1CCS(=O)(=O)C1. The molecule has 2 N–H and O–H groups in total. The number of benzene rings is 1. The van der Waals surface area contributed by atoms with Crippen LogP contribution < -0.4 is 10.6 Å². The summed E-state index contributed by atoms with van der Waals surface area (Å²) in [6, 6.07) is 7.81. The van der Waals surface area contributed by atoms with Crippen molar-refractivity contribution in [3.8, 4) is 0 Å². The molecule has 0 aromatic heterocycles. The summed E-state index contributed by atoms with van der Waals surface area (Å²) >= 11 is 5.86. The molecule has 1 fully saturated rings. The fourth-order valence-corrected chi connectivity index (χ4v) is 4.25. The maximum atomic E-state index is 11.4. The zero-order valence-electron chi connectivity index (χ0n) is 12.7. The van der Waals surface area contributed by atoms with Crippen LogP contribution in [0.25, 0.3) is 0 Å². The summed E-state index contributed by atoms with van der Waals surface area (Å²) in [7, 11) is -1.18. The average Bonchev–Trinajstić information content (AvgIpc) is 2.83. The van der Waals surface area contributed by atoms with Crippen LogP contribution in [0.4, 0.5) is 0 Å². The van der Waals surface area contributed by atoms with Gasteiger partial charge in [0, 0.05) is 24.7 Å². The molecule has 122 valence electrons. The van der Waals surface area contributed by atoms with Gasteiger partial charge in [-0.25, -0.2) is 8.42 Å². The van der Waals surface area contributed by atoms with Crippen molar-refractivity contribution in [2.75, 3.05) is 25.1 Å². The Kier molecular flexibility index (Phi) is 6.08. The predicted molar refractivity (Wildman–Crippen MR) is 91.3 cm³/mol. The quantitative estimate of drug-likeness (QED) is 0.484. The van der Waals surface area contributed by atoms with Crippen LogP contribution in [0.3, 0.4) is 0 Å². The van der Waals surface area contributed by atoms with E-state index in [1.807, 2.05) is 24.3 Å². The van der Waals surface area contributed by atoms with E-state index in [-0.39, 0.29) is 17.5 Å². The first-order valence-corrected chi connectivity index (χ1v) is 9.60. The number of aryl methyl sites for hydroxylation is 1. The lowest BCUT2D eigenvalue weighted by Gasteiger charge is -2.16. The topological polar surface area (TPSA) is 70.6 Å². The number of rotatable bonds is 5. The number of aliphatic imine (C=N–C) groups is 1. The predicted octanol–water partition coefficient (Wildman–Crippen LogP) is 1.62. The largest absolute Gasteiger partial charge is 0.356 e. The van der Waals surface area contributed by atoms with Crippen molar-refractivity contribution in [1.82, 2.24) is 10.6 Å². The molecule has 0 aliphatic carbocycles. The highest BCUT2D eigenvalue weighted by molar-refractivity contribution is 7.91. The first-order chi connectivity index (χ1) is 10.5. The van der Waals surface area contributed by atoms with Crippen molar-refractivity contribution < 1.29 is 8.42 Å². The molecule has 0 spiro atoms. The van der Waals surface area contributed by atoms with Gasteiger partial charge in [-0.15, -0.1) is 0 Å². The van der Waals surface area contributed by atoms with Crippen molar-refractivity contribution in [1.29, 1.82) is 0 Å². The first-order valence-electron chi connectivity index (χ1n) is 7.40. The monoisotopic (exact) mass is 343 g/mol. The summed E-state index contributed by atoms with van der Waals surface area (Å²) in [6.07, 6.45) is 2.57. The van der Waals surface area contributed by atoms with Gasteiger partial charge in [0.25, 0.3) is 0 Å². The van der Waals surface area contributed by atoms with Gasteiger partial charge in [-0.1, -0.05) is 23.7 Å². The van der Waals surface area contributed by atoms with E-state index in [1.54, 1.807) is 7.05 Å². The Morgan fingerprint density at radius 2 is 2.09 bits per heavy atom. The molecule has 7 heteroatoms. The van der Waals surface area contributed by atoms with Crippen LogP contribution in [0.2, 0.25) is 5.02 Å². The normalized spacial score (nSPS) is 20.8. The molecule has 0 bridgehead atoms. The minimum atomic E-state index is -2.87. The van der Waals surface area contributed by atoms with Crippen LogP contribution in [0.5, 0.6) is 0 Å². The van der Waals surface area contributed by atoms with Gasteiger partial charge in [0.1, 0.15) is 0 Å². The van der Waals surface area contributed by atoms with Crippen LogP contribution >= 0.6 is 11.6 Å². The van der Waals surface area contributed by atoms with Crippen LogP contribution in [0.15, 0.2) is 29.3 Å². The van der Waals surface area contributed by atoms with Gasteiger partial charge in [-0.05, 0) is 37.0 Å². The summed E-state index contributed by atoms with van der Waals surface area (Å²) in [6.45, 7) is 0.780. The van der Waals surface area contributed by atoms with Gasteiger partial charge in [0.15, 0.2) is 15.8 Å². The molecule has 1 aliphatic heterocycles. The van der Waals surface area contributed by atoms with Crippen LogP contribution in [-0.2, 0) is 16.3 Å². The Morgan fingerprint density at radius 1 is 1.36 bits per heavy atom.